The number of carbonyl (C=O) groups is 2. The Morgan fingerprint density at radius 1 is 1.35 bits per heavy atom. The fraction of sp³-hybridized carbons (Fsp3) is 0.467. The van der Waals surface area contributed by atoms with Crippen molar-refractivity contribution in [1.29, 1.82) is 0 Å². The summed E-state index contributed by atoms with van der Waals surface area (Å²) >= 11 is 1.28. The van der Waals surface area contributed by atoms with Gasteiger partial charge in [0.05, 0.1) is 30.0 Å². The Kier molecular flexibility index (Phi) is 5.49. The number of aromatic nitrogens is 3. The predicted molar refractivity (Wildman–Crippen MR) is 87.8 cm³/mol. The molecule has 23 heavy (non-hydrogen) atoms. The number of anilines is 1. The minimum atomic E-state index is -0.327. The summed E-state index contributed by atoms with van der Waals surface area (Å²) in [5.41, 5.74) is 2.66. The van der Waals surface area contributed by atoms with E-state index < -0.39 is 0 Å². The molecule has 8 heteroatoms. The van der Waals surface area contributed by atoms with Crippen molar-refractivity contribution in [3.63, 3.8) is 0 Å². The number of aryl methyl sites for hydroxylation is 2. The second-order valence-electron chi connectivity index (χ2n) is 4.94. The fourth-order valence-corrected chi connectivity index (χ4v) is 3.00. The number of hydrogen-bond donors (Lipinski definition) is 1. The summed E-state index contributed by atoms with van der Waals surface area (Å²) in [7, 11) is 0. The Morgan fingerprint density at radius 2 is 2.09 bits per heavy atom. The summed E-state index contributed by atoms with van der Waals surface area (Å²) in [5, 5.41) is 9.29. The first kappa shape index (κ1) is 17.1. The Hall–Kier alpha value is -2.22. The van der Waals surface area contributed by atoms with E-state index in [0.29, 0.717) is 35.2 Å². The topological polar surface area (TPSA) is 86.1 Å². The first-order valence-electron chi connectivity index (χ1n) is 7.41. The molecule has 0 spiro atoms. The highest BCUT2D eigenvalue weighted by Gasteiger charge is 2.19. The summed E-state index contributed by atoms with van der Waals surface area (Å²) in [6, 6.07) is 0. The summed E-state index contributed by atoms with van der Waals surface area (Å²) in [5.74, 6) is -0.566. The minimum Gasteiger partial charge on any atom is -0.466 e. The number of ether oxygens (including phenoxy) is 1. The summed E-state index contributed by atoms with van der Waals surface area (Å²) in [4.78, 5) is 28.1. The van der Waals surface area contributed by atoms with Crippen molar-refractivity contribution in [2.24, 2.45) is 0 Å². The molecule has 2 aromatic rings. The van der Waals surface area contributed by atoms with E-state index in [1.54, 1.807) is 17.0 Å². The molecule has 0 atom stereocenters. The van der Waals surface area contributed by atoms with Gasteiger partial charge in [-0.25, -0.2) is 4.98 Å². The lowest BCUT2D eigenvalue weighted by Gasteiger charge is -2.03. The molecule has 0 radical (unpaired) electrons. The molecule has 2 rings (SSSR count). The van der Waals surface area contributed by atoms with Gasteiger partial charge in [0.15, 0.2) is 5.13 Å². The largest absolute Gasteiger partial charge is 0.466 e. The third-order valence-electron chi connectivity index (χ3n) is 3.31. The first-order valence-corrected chi connectivity index (χ1v) is 8.29. The van der Waals surface area contributed by atoms with Crippen molar-refractivity contribution >= 4 is 28.3 Å². The van der Waals surface area contributed by atoms with Gasteiger partial charge < -0.3 is 4.74 Å². The van der Waals surface area contributed by atoms with Crippen molar-refractivity contribution in [2.45, 2.75) is 40.7 Å². The number of thiazole rings is 1. The standard InChI is InChI=1S/C15H20N4O3S/c1-5-19-10(4)13(9(3)18-19)14(21)17-15-16-11(8-23-15)7-12(20)22-6-2/h8H,5-7H2,1-4H3,(H,16,17,21). The quantitative estimate of drug-likeness (QED) is 0.818. The van der Waals surface area contributed by atoms with Crippen molar-refractivity contribution in [3.8, 4) is 0 Å². The second kappa shape index (κ2) is 7.36. The van der Waals surface area contributed by atoms with Crippen LogP contribution in [-0.4, -0.2) is 33.2 Å². The van der Waals surface area contributed by atoms with E-state index in [1.807, 2.05) is 20.8 Å². The molecular formula is C15H20N4O3S. The van der Waals surface area contributed by atoms with E-state index >= 15 is 0 Å². The van der Waals surface area contributed by atoms with Crippen LogP contribution >= 0.6 is 11.3 Å². The monoisotopic (exact) mass is 336 g/mol. The van der Waals surface area contributed by atoms with Gasteiger partial charge in [0.2, 0.25) is 0 Å². The van der Waals surface area contributed by atoms with Gasteiger partial charge in [0.25, 0.3) is 5.91 Å². The van der Waals surface area contributed by atoms with Gasteiger partial charge in [0.1, 0.15) is 0 Å². The van der Waals surface area contributed by atoms with Gasteiger partial charge in [-0.1, -0.05) is 0 Å². The molecular weight excluding hydrogens is 316 g/mol. The van der Waals surface area contributed by atoms with Gasteiger partial charge in [0, 0.05) is 17.6 Å². The number of nitrogens with zero attached hydrogens (tertiary/aromatic N) is 3. The lowest BCUT2D eigenvalue weighted by Crippen LogP contribution is -2.14. The third kappa shape index (κ3) is 3.95. The average molecular weight is 336 g/mol. The molecule has 2 heterocycles. The number of esters is 1. The number of amides is 1. The van der Waals surface area contributed by atoms with Crippen LogP contribution in [0.5, 0.6) is 0 Å². The van der Waals surface area contributed by atoms with Crippen LogP contribution in [-0.2, 0) is 22.5 Å². The van der Waals surface area contributed by atoms with Crippen LogP contribution < -0.4 is 5.32 Å². The van der Waals surface area contributed by atoms with Crippen LogP contribution in [0.25, 0.3) is 0 Å². The lowest BCUT2D eigenvalue weighted by molar-refractivity contribution is -0.142. The van der Waals surface area contributed by atoms with E-state index in [2.05, 4.69) is 15.4 Å². The molecule has 0 bridgehead atoms. The second-order valence-corrected chi connectivity index (χ2v) is 5.80. The zero-order chi connectivity index (χ0) is 17.0. The van der Waals surface area contributed by atoms with Crippen LogP contribution in [0.3, 0.4) is 0 Å². The Balaban J connectivity index is 2.08. The van der Waals surface area contributed by atoms with Gasteiger partial charge in [-0.15, -0.1) is 11.3 Å². The smallest absolute Gasteiger partial charge is 0.311 e. The maximum atomic E-state index is 12.4. The van der Waals surface area contributed by atoms with Crippen LogP contribution in [0.15, 0.2) is 5.38 Å². The molecule has 0 aliphatic carbocycles. The molecule has 0 aromatic carbocycles. The highest BCUT2D eigenvalue weighted by atomic mass is 32.1. The van der Waals surface area contributed by atoms with Crippen molar-refractivity contribution in [3.05, 3.63) is 28.0 Å². The van der Waals surface area contributed by atoms with E-state index in [9.17, 15) is 9.59 Å². The van der Waals surface area contributed by atoms with Crippen LogP contribution in [0.2, 0.25) is 0 Å². The van der Waals surface area contributed by atoms with Crippen molar-refractivity contribution in [1.82, 2.24) is 14.8 Å². The molecule has 2 aromatic heterocycles. The molecule has 0 saturated heterocycles. The SMILES string of the molecule is CCOC(=O)Cc1csc(NC(=O)c2c(C)nn(CC)c2C)n1. The molecule has 0 aliphatic rings. The molecule has 1 amide bonds. The van der Waals surface area contributed by atoms with Crippen LogP contribution in [0.4, 0.5) is 5.13 Å². The molecule has 1 N–H and O–H groups in total. The lowest BCUT2D eigenvalue weighted by atomic mass is 10.2. The van der Waals surface area contributed by atoms with E-state index in [0.717, 1.165) is 5.69 Å². The predicted octanol–water partition coefficient (Wildman–Crippen LogP) is 2.33. The van der Waals surface area contributed by atoms with Crippen LogP contribution in [0, 0.1) is 13.8 Å². The average Bonchev–Trinajstić information content (AvgIpc) is 3.03. The zero-order valence-corrected chi connectivity index (χ0v) is 14.5. The van der Waals surface area contributed by atoms with Gasteiger partial charge in [-0.3, -0.25) is 19.6 Å². The van der Waals surface area contributed by atoms with Crippen LogP contribution in [0.1, 0.15) is 41.3 Å². The van der Waals surface area contributed by atoms with Crippen molar-refractivity contribution < 1.29 is 14.3 Å². The maximum Gasteiger partial charge on any atom is 0.311 e. The fourth-order valence-electron chi connectivity index (χ4n) is 2.30. The van der Waals surface area contributed by atoms with Gasteiger partial charge >= 0.3 is 5.97 Å². The molecule has 124 valence electrons. The van der Waals surface area contributed by atoms with Gasteiger partial charge in [-0.2, -0.15) is 5.10 Å². The summed E-state index contributed by atoms with van der Waals surface area (Å²) in [6.45, 7) is 8.46. The summed E-state index contributed by atoms with van der Waals surface area (Å²) < 4.78 is 6.67. The highest BCUT2D eigenvalue weighted by Crippen LogP contribution is 2.19. The number of hydrogen-bond acceptors (Lipinski definition) is 6. The molecule has 0 saturated carbocycles. The molecule has 0 fully saturated rings. The molecule has 0 aliphatic heterocycles. The van der Waals surface area contributed by atoms with E-state index in [1.165, 1.54) is 11.3 Å². The number of rotatable bonds is 6. The molecule has 7 nitrogen and oxygen atoms in total. The summed E-state index contributed by atoms with van der Waals surface area (Å²) in [6.07, 6.45) is 0.103. The highest BCUT2D eigenvalue weighted by molar-refractivity contribution is 7.14. The zero-order valence-electron chi connectivity index (χ0n) is 13.7. The Labute approximate surface area is 138 Å². The molecule has 0 unspecified atom stereocenters. The van der Waals surface area contributed by atoms with E-state index in [-0.39, 0.29) is 18.3 Å². The van der Waals surface area contributed by atoms with Gasteiger partial charge in [-0.05, 0) is 27.7 Å². The Morgan fingerprint density at radius 3 is 2.70 bits per heavy atom. The minimum absolute atomic E-state index is 0.103. The van der Waals surface area contributed by atoms with E-state index in [4.69, 9.17) is 4.74 Å². The maximum absolute atomic E-state index is 12.4. The first-order chi connectivity index (χ1) is 11.0. The Bertz CT molecular complexity index is 720. The normalized spacial score (nSPS) is 10.6. The number of nitrogens with one attached hydrogen (secondary N) is 1. The van der Waals surface area contributed by atoms with Crippen molar-refractivity contribution in [2.75, 3.05) is 11.9 Å². The number of carbonyl (C=O) groups excluding carboxylic acids is 2. The third-order valence-corrected chi connectivity index (χ3v) is 4.12.